The van der Waals surface area contributed by atoms with Crippen LogP contribution in [0.4, 0.5) is 4.79 Å². The SMILES string of the molecule is COC(=O)[C@H]1CCC(NC(=O)OC(C)(C)C)C(NC(=O)c2cc3cc(Cl)ccc3[nH]2)C1. The van der Waals surface area contributed by atoms with Crippen LogP contribution in [0.5, 0.6) is 0 Å². The van der Waals surface area contributed by atoms with Gasteiger partial charge in [-0.2, -0.15) is 0 Å². The van der Waals surface area contributed by atoms with E-state index >= 15 is 0 Å². The van der Waals surface area contributed by atoms with Crippen molar-refractivity contribution in [3.63, 3.8) is 0 Å². The second-order valence-corrected chi connectivity index (χ2v) is 9.22. The number of H-pyrrole nitrogens is 1. The maximum atomic E-state index is 12.9. The molecule has 3 N–H and O–H groups in total. The molecule has 3 atom stereocenters. The minimum Gasteiger partial charge on any atom is -0.469 e. The van der Waals surface area contributed by atoms with Crippen molar-refractivity contribution in [2.45, 2.75) is 57.7 Å². The number of nitrogens with one attached hydrogen (secondary N) is 3. The molecule has 0 saturated heterocycles. The molecule has 9 heteroatoms. The third-order valence-corrected chi connectivity index (χ3v) is 5.47. The molecule has 8 nitrogen and oxygen atoms in total. The van der Waals surface area contributed by atoms with Gasteiger partial charge in [0.25, 0.3) is 5.91 Å². The van der Waals surface area contributed by atoms with Crippen LogP contribution in [-0.2, 0) is 14.3 Å². The number of aromatic amines is 1. The Labute approximate surface area is 186 Å². The molecular weight excluding hydrogens is 422 g/mol. The lowest BCUT2D eigenvalue weighted by molar-refractivity contribution is -0.146. The first-order valence-electron chi connectivity index (χ1n) is 10.2. The number of hydrogen-bond acceptors (Lipinski definition) is 5. The number of methoxy groups -OCH3 is 1. The van der Waals surface area contributed by atoms with Crippen LogP contribution in [0, 0.1) is 5.92 Å². The maximum Gasteiger partial charge on any atom is 0.407 e. The molecule has 0 radical (unpaired) electrons. The van der Waals surface area contributed by atoms with E-state index < -0.39 is 17.7 Å². The molecule has 3 rings (SSSR count). The van der Waals surface area contributed by atoms with Crippen LogP contribution in [0.2, 0.25) is 5.02 Å². The lowest BCUT2D eigenvalue weighted by atomic mass is 9.82. The molecule has 0 aliphatic heterocycles. The molecule has 1 aliphatic rings. The van der Waals surface area contributed by atoms with Crippen LogP contribution < -0.4 is 10.6 Å². The number of benzene rings is 1. The summed E-state index contributed by atoms with van der Waals surface area (Å²) in [5, 5.41) is 7.19. The fourth-order valence-corrected chi connectivity index (χ4v) is 4.00. The van der Waals surface area contributed by atoms with Gasteiger partial charge in [-0.25, -0.2) is 4.79 Å². The predicted octanol–water partition coefficient (Wildman–Crippen LogP) is 3.79. The van der Waals surface area contributed by atoms with Crippen LogP contribution in [0.3, 0.4) is 0 Å². The molecule has 168 valence electrons. The van der Waals surface area contributed by atoms with Crippen LogP contribution in [0.15, 0.2) is 24.3 Å². The first-order chi connectivity index (χ1) is 14.6. The Balaban J connectivity index is 1.76. The molecule has 1 fully saturated rings. The van der Waals surface area contributed by atoms with Gasteiger partial charge < -0.3 is 25.1 Å². The van der Waals surface area contributed by atoms with E-state index in [2.05, 4.69) is 15.6 Å². The molecule has 2 unspecified atom stereocenters. The Hall–Kier alpha value is -2.74. The monoisotopic (exact) mass is 449 g/mol. The van der Waals surface area contributed by atoms with Crippen molar-refractivity contribution in [2.24, 2.45) is 5.92 Å². The van der Waals surface area contributed by atoms with Gasteiger partial charge in [-0.15, -0.1) is 0 Å². The van der Waals surface area contributed by atoms with E-state index in [0.29, 0.717) is 30.0 Å². The summed E-state index contributed by atoms with van der Waals surface area (Å²) < 4.78 is 10.2. The summed E-state index contributed by atoms with van der Waals surface area (Å²) >= 11 is 6.03. The lowest BCUT2D eigenvalue weighted by Crippen LogP contribution is -2.56. The highest BCUT2D eigenvalue weighted by molar-refractivity contribution is 6.31. The van der Waals surface area contributed by atoms with Crippen LogP contribution >= 0.6 is 11.6 Å². The van der Waals surface area contributed by atoms with E-state index in [1.807, 2.05) is 0 Å². The molecule has 0 bridgehead atoms. The zero-order valence-corrected chi connectivity index (χ0v) is 18.8. The third-order valence-electron chi connectivity index (χ3n) is 5.23. The largest absolute Gasteiger partial charge is 0.469 e. The fraction of sp³-hybridized carbons (Fsp3) is 0.500. The topological polar surface area (TPSA) is 110 Å². The van der Waals surface area contributed by atoms with Crippen molar-refractivity contribution in [3.05, 3.63) is 35.0 Å². The molecule has 0 spiro atoms. The van der Waals surface area contributed by atoms with E-state index in [4.69, 9.17) is 21.1 Å². The number of carbonyl (C=O) groups is 3. The van der Waals surface area contributed by atoms with Gasteiger partial charge in [-0.1, -0.05) is 11.6 Å². The Morgan fingerprint density at radius 2 is 1.84 bits per heavy atom. The summed E-state index contributed by atoms with van der Waals surface area (Å²) in [7, 11) is 1.34. The van der Waals surface area contributed by atoms with E-state index in [0.717, 1.165) is 10.9 Å². The van der Waals surface area contributed by atoms with Gasteiger partial charge in [0.05, 0.1) is 25.1 Å². The minimum absolute atomic E-state index is 0.324. The van der Waals surface area contributed by atoms with Gasteiger partial charge in [0, 0.05) is 15.9 Å². The van der Waals surface area contributed by atoms with Gasteiger partial charge >= 0.3 is 12.1 Å². The number of halogens is 1. The quantitative estimate of drug-likeness (QED) is 0.615. The van der Waals surface area contributed by atoms with Crippen molar-refractivity contribution >= 4 is 40.5 Å². The average molecular weight is 450 g/mol. The Bertz CT molecular complexity index is 981. The molecule has 1 aromatic carbocycles. The maximum absolute atomic E-state index is 12.9. The molecular formula is C22H28ClN3O5. The average Bonchev–Trinajstić information content (AvgIpc) is 3.10. The zero-order valence-electron chi connectivity index (χ0n) is 18.1. The lowest BCUT2D eigenvalue weighted by Gasteiger charge is -2.36. The van der Waals surface area contributed by atoms with Crippen molar-refractivity contribution in [1.29, 1.82) is 0 Å². The normalized spacial score (nSPS) is 21.4. The highest BCUT2D eigenvalue weighted by Gasteiger charge is 2.37. The number of hydrogen-bond donors (Lipinski definition) is 3. The van der Waals surface area contributed by atoms with Crippen LogP contribution in [0.25, 0.3) is 10.9 Å². The number of fused-ring (bicyclic) bond motifs is 1. The van der Waals surface area contributed by atoms with Gasteiger partial charge in [0.2, 0.25) is 0 Å². The van der Waals surface area contributed by atoms with Gasteiger partial charge in [0.1, 0.15) is 11.3 Å². The molecule has 1 aliphatic carbocycles. The Morgan fingerprint density at radius 3 is 2.52 bits per heavy atom. The van der Waals surface area contributed by atoms with Crippen molar-refractivity contribution < 1.29 is 23.9 Å². The summed E-state index contributed by atoms with van der Waals surface area (Å²) in [6, 6.07) is 6.19. The summed E-state index contributed by atoms with van der Waals surface area (Å²) in [6.45, 7) is 5.34. The summed E-state index contributed by atoms with van der Waals surface area (Å²) in [6.07, 6.45) is 0.843. The number of ether oxygens (including phenoxy) is 2. The third kappa shape index (κ3) is 5.91. The first kappa shape index (κ1) is 22.9. The second-order valence-electron chi connectivity index (χ2n) is 8.78. The molecule has 1 aromatic heterocycles. The summed E-state index contributed by atoms with van der Waals surface area (Å²) in [5.41, 5.74) is 0.514. The second kappa shape index (κ2) is 9.18. The molecule has 1 heterocycles. The highest BCUT2D eigenvalue weighted by Crippen LogP contribution is 2.27. The van der Waals surface area contributed by atoms with Crippen molar-refractivity contribution in [3.8, 4) is 0 Å². The summed E-state index contributed by atoms with van der Waals surface area (Å²) in [5.74, 6) is -1.01. The highest BCUT2D eigenvalue weighted by atomic mass is 35.5. The zero-order chi connectivity index (χ0) is 22.8. The summed E-state index contributed by atoms with van der Waals surface area (Å²) in [4.78, 5) is 40.4. The Morgan fingerprint density at radius 1 is 1.10 bits per heavy atom. The smallest absolute Gasteiger partial charge is 0.407 e. The van der Waals surface area contributed by atoms with E-state index in [1.165, 1.54) is 7.11 Å². The number of aromatic nitrogens is 1. The van der Waals surface area contributed by atoms with E-state index in [1.54, 1.807) is 45.0 Å². The minimum atomic E-state index is -0.641. The molecule has 2 aromatic rings. The van der Waals surface area contributed by atoms with Crippen molar-refractivity contribution in [1.82, 2.24) is 15.6 Å². The molecule has 2 amide bonds. The Kier molecular flexibility index (Phi) is 6.79. The van der Waals surface area contributed by atoms with E-state index in [-0.39, 0.29) is 23.8 Å². The number of amides is 2. The van der Waals surface area contributed by atoms with E-state index in [9.17, 15) is 14.4 Å². The van der Waals surface area contributed by atoms with Crippen molar-refractivity contribution in [2.75, 3.05) is 7.11 Å². The van der Waals surface area contributed by atoms with Gasteiger partial charge in [-0.05, 0) is 64.3 Å². The van der Waals surface area contributed by atoms with Gasteiger partial charge in [-0.3, -0.25) is 9.59 Å². The van der Waals surface area contributed by atoms with Gasteiger partial charge in [0.15, 0.2) is 0 Å². The predicted molar refractivity (Wildman–Crippen MR) is 117 cm³/mol. The number of esters is 1. The molecule has 31 heavy (non-hydrogen) atoms. The standard InChI is InChI=1S/C22H28ClN3O5/c1-22(2,3)31-21(29)26-16-7-5-12(20(28)30-4)10-17(16)25-19(27)18-11-13-9-14(23)6-8-15(13)24-18/h6,8-9,11-12,16-17,24H,5,7,10H2,1-4H3,(H,25,27)(H,26,29)/t12-,16?,17?/m0/s1. The number of rotatable bonds is 4. The number of alkyl carbamates (subject to hydrolysis) is 1. The molecule has 1 saturated carbocycles. The van der Waals surface area contributed by atoms with Crippen LogP contribution in [-0.4, -0.2) is 47.7 Å². The van der Waals surface area contributed by atoms with Crippen LogP contribution in [0.1, 0.15) is 50.5 Å². The fourth-order valence-electron chi connectivity index (χ4n) is 3.81. The number of carbonyl (C=O) groups excluding carboxylic acids is 3. The first-order valence-corrected chi connectivity index (χ1v) is 10.6.